The number of fused-ring (bicyclic) bond motifs is 5. The van der Waals surface area contributed by atoms with Crippen LogP contribution in [-0.2, 0) is 47.3 Å². The third-order valence-corrected chi connectivity index (χ3v) is 12.7. The zero-order valence-corrected chi connectivity index (χ0v) is 35.1. The van der Waals surface area contributed by atoms with Gasteiger partial charge in [0.05, 0.1) is 50.7 Å². The van der Waals surface area contributed by atoms with E-state index in [9.17, 15) is 30.8 Å². The van der Waals surface area contributed by atoms with E-state index >= 15 is 13.6 Å². The number of carbonyl (C=O) groups is 1. The average molecular weight is 926 g/mol. The Morgan fingerprint density at radius 1 is 1.02 bits per heavy atom. The van der Waals surface area contributed by atoms with Gasteiger partial charge in [-0.15, -0.1) is 0 Å². The molecule has 332 valence electrons. The fourth-order valence-electron chi connectivity index (χ4n) is 8.84. The van der Waals surface area contributed by atoms with Crippen molar-refractivity contribution in [3.05, 3.63) is 110 Å². The van der Waals surface area contributed by atoms with Gasteiger partial charge in [-0.3, -0.25) is 32.9 Å². The zero-order chi connectivity index (χ0) is 45.1. The van der Waals surface area contributed by atoms with Crippen molar-refractivity contribution >= 4 is 55.3 Å². The molecule has 10 rings (SSSR count). The first-order valence-corrected chi connectivity index (χ1v) is 22.2. The number of nitrogens with one attached hydrogen (secondary N) is 2. The molecule has 2 N–H and O–H groups in total. The Hall–Kier alpha value is -6.29. The fourth-order valence-corrected chi connectivity index (χ4v) is 9.58. The van der Waals surface area contributed by atoms with Crippen molar-refractivity contribution < 1.29 is 39.6 Å². The lowest BCUT2D eigenvalue weighted by atomic mass is 10.0. The summed E-state index contributed by atoms with van der Waals surface area (Å²) in [6.07, 6.45) is 0.896. The highest BCUT2D eigenvalue weighted by Gasteiger charge is 2.67. The number of hydrogen-bond acceptors (Lipinski definition) is 9. The molecule has 23 heteroatoms. The van der Waals surface area contributed by atoms with Crippen LogP contribution < -0.4 is 15.6 Å². The van der Waals surface area contributed by atoms with Crippen LogP contribution >= 0.6 is 11.6 Å². The van der Waals surface area contributed by atoms with Crippen LogP contribution in [0.3, 0.4) is 0 Å². The van der Waals surface area contributed by atoms with Crippen LogP contribution in [0.5, 0.6) is 0 Å². The predicted molar refractivity (Wildman–Crippen MR) is 220 cm³/mol. The number of hydrogen-bond donors (Lipinski definition) is 2. The van der Waals surface area contributed by atoms with Gasteiger partial charge in [-0.05, 0) is 79.1 Å². The van der Waals surface area contributed by atoms with Crippen molar-refractivity contribution in [2.45, 2.75) is 63.1 Å². The van der Waals surface area contributed by atoms with E-state index in [1.54, 1.807) is 23.0 Å². The molecule has 0 radical (unpaired) electrons. The van der Waals surface area contributed by atoms with Gasteiger partial charge in [0.2, 0.25) is 15.9 Å². The highest BCUT2D eigenvalue weighted by atomic mass is 35.5. The molecule has 5 aromatic heterocycles. The third kappa shape index (κ3) is 7.24. The van der Waals surface area contributed by atoms with Crippen LogP contribution in [0.1, 0.15) is 66.0 Å². The number of anilines is 1. The summed E-state index contributed by atoms with van der Waals surface area (Å²) in [5.74, 6) is -8.66. The number of aromatic nitrogens is 9. The molecular weight excluding hydrogens is 892 g/mol. The Bertz CT molecular complexity index is 3250. The zero-order valence-electron chi connectivity index (χ0n) is 33.5. The second-order valence-electron chi connectivity index (χ2n) is 16.4. The van der Waals surface area contributed by atoms with E-state index in [4.69, 9.17) is 21.6 Å². The highest BCUT2D eigenvalue weighted by Crippen LogP contribution is 2.68. The minimum absolute atomic E-state index is 0.00586. The smallest absolute Gasteiger partial charge is 0.293 e. The molecule has 0 saturated heterocycles. The molecule has 3 aliphatic carbocycles. The number of rotatable bonds is 13. The number of sulfonamides is 1. The third-order valence-electron chi connectivity index (χ3n) is 11.8. The Kier molecular flexibility index (Phi) is 9.70. The van der Waals surface area contributed by atoms with E-state index in [2.05, 4.69) is 25.3 Å². The molecule has 0 spiro atoms. The summed E-state index contributed by atoms with van der Waals surface area (Å²) in [5, 5.41) is 15.2. The van der Waals surface area contributed by atoms with Crippen LogP contribution in [0.2, 0.25) is 5.02 Å². The standard InChI is InChI=1S/C41H34ClF6N11O4S/c1-56-34-29(8-6-25(42)32(34)38(54-56)55-64(2,62)63)59-39(52-37-22(40(59)61)5-7-26(51-37)28-9-10-49-57(28)16-18-3-4-18)27(13-19-11-20(43)14-21(44)12-19)50-30(60)17-58-35-31(33(53-58)36(45)46)23-15-24(23)41(35,47)48/h5-12,14,18,23-24,27,36H,3-4,13,15-17H2,1-2H3,(H,50,60)(H,54,55)/t23-,24+,27-/m0/s1. The number of alkyl halides is 4. The minimum atomic E-state index is -3.92. The Balaban J connectivity index is 1.17. The van der Waals surface area contributed by atoms with E-state index in [-0.39, 0.29) is 61.8 Å². The highest BCUT2D eigenvalue weighted by molar-refractivity contribution is 7.92. The largest absolute Gasteiger partial charge is 0.344 e. The molecule has 0 unspecified atom stereocenters. The first-order valence-electron chi connectivity index (χ1n) is 20.0. The Morgan fingerprint density at radius 3 is 2.47 bits per heavy atom. The molecule has 64 heavy (non-hydrogen) atoms. The molecule has 15 nitrogen and oxygen atoms in total. The van der Waals surface area contributed by atoms with Gasteiger partial charge < -0.3 is 5.32 Å². The summed E-state index contributed by atoms with van der Waals surface area (Å²) >= 11 is 6.65. The van der Waals surface area contributed by atoms with Crippen molar-refractivity contribution in [1.82, 2.24) is 49.2 Å². The summed E-state index contributed by atoms with van der Waals surface area (Å²) in [7, 11) is -2.46. The van der Waals surface area contributed by atoms with Gasteiger partial charge in [0.15, 0.2) is 11.5 Å². The fraction of sp³-hybridized carbons (Fsp3) is 0.341. The maximum atomic E-state index is 15.6. The van der Waals surface area contributed by atoms with Gasteiger partial charge in [-0.25, -0.2) is 35.9 Å². The second kappa shape index (κ2) is 14.9. The Labute approximate surface area is 363 Å². The molecule has 2 aromatic carbocycles. The first-order chi connectivity index (χ1) is 30.4. The van der Waals surface area contributed by atoms with E-state index < -0.39 is 87.7 Å². The van der Waals surface area contributed by atoms with Crippen molar-refractivity contribution in [3.63, 3.8) is 0 Å². The monoisotopic (exact) mass is 925 g/mol. The molecule has 0 bridgehead atoms. The number of aryl methyl sites for hydroxylation is 1. The van der Waals surface area contributed by atoms with E-state index in [1.165, 1.54) is 29.9 Å². The topological polar surface area (TPSA) is 177 Å². The number of halogens is 7. The SMILES string of the molecule is Cn1nc(NS(C)(=O)=O)c2c(Cl)ccc(-n3c([C@H](Cc4cc(F)cc(F)c4)NC(=O)Cn4nc(C(F)F)c5c4C(F)(F)[C@@H]4C[C@H]54)nc4nc(-c5ccnn5CC5CC5)ccc4c3=O)c21. The summed E-state index contributed by atoms with van der Waals surface area (Å²) in [6, 6.07) is 8.68. The van der Waals surface area contributed by atoms with Gasteiger partial charge in [-0.1, -0.05) is 11.6 Å². The lowest BCUT2D eigenvalue weighted by molar-refractivity contribution is -0.123. The molecular formula is C41H34ClF6N11O4S. The molecule has 3 aliphatic rings. The van der Waals surface area contributed by atoms with E-state index in [1.807, 2.05) is 0 Å². The summed E-state index contributed by atoms with van der Waals surface area (Å²) in [5.41, 5.74) is -1.76. The lowest BCUT2D eigenvalue weighted by Crippen LogP contribution is -2.38. The normalized spacial score (nSPS) is 18.2. The van der Waals surface area contributed by atoms with Crippen molar-refractivity contribution in [3.8, 4) is 17.1 Å². The van der Waals surface area contributed by atoms with Crippen molar-refractivity contribution in [2.75, 3.05) is 11.0 Å². The number of carbonyl (C=O) groups excluding carboxylic acids is 1. The van der Waals surface area contributed by atoms with Gasteiger partial charge in [-0.2, -0.15) is 24.1 Å². The number of amides is 1. The summed E-state index contributed by atoms with van der Waals surface area (Å²) < 4.78 is 121. The predicted octanol–water partition coefficient (Wildman–Crippen LogP) is 6.69. The number of pyridine rings is 1. The van der Waals surface area contributed by atoms with Crippen LogP contribution in [0.25, 0.3) is 39.0 Å². The molecule has 7 aromatic rings. The maximum absolute atomic E-state index is 15.6. The molecule has 3 atom stereocenters. The van der Waals surface area contributed by atoms with Crippen molar-refractivity contribution in [2.24, 2.45) is 18.9 Å². The van der Waals surface area contributed by atoms with Gasteiger partial charge >= 0.3 is 0 Å². The van der Waals surface area contributed by atoms with Gasteiger partial charge in [0, 0.05) is 43.8 Å². The summed E-state index contributed by atoms with van der Waals surface area (Å²) in [6.45, 7) is -0.365. The molecule has 5 heterocycles. The average Bonchev–Trinajstić information content (AvgIpc) is 4.06. The van der Waals surface area contributed by atoms with E-state index in [0.717, 1.165) is 35.8 Å². The van der Waals surface area contributed by atoms with E-state index in [0.29, 0.717) is 34.6 Å². The Morgan fingerprint density at radius 2 is 1.77 bits per heavy atom. The van der Waals surface area contributed by atoms with Crippen LogP contribution in [0, 0.1) is 23.5 Å². The number of benzene rings is 2. The van der Waals surface area contributed by atoms with Gasteiger partial charge in [0.25, 0.3) is 17.9 Å². The second-order valence-corrected chi connectivity index (χ2v) is 18.6. The first kappa shape index (κ1) is 41.7. The van der Waals surface area contributed by atoms with Crippen molar-refractivity contribution in [1.29, 1.82) is 0 Å². The van der Waals surface area contributed by atoms with Gasteiger partial charge in [0.1, 0.15) is 35.4 Å². The molecule has 0 aliphatic heterocycles. The van der Waals surface area contributed by atoms with Crippen LogP contribution in [0.15, 0.2) is 59.5 Å². The molecule has 2 fully saturated rings. The molecule has 1 amide bonds. The lowest BCUT2D eigenvalue weighted by Gasteiger charge is -2.24. The minimum Gasteiger partial charge on any atom is -0.344 e. The molecule has 2 saturated carbocycles. The summed E-state index contributed by atoms with van der Waals surface area (Å²) in [4.78, 5) is 38.9. The number of nitrogens with zero attached hydrogens (tertiary/aromatic N) is 9. The quantitative estimate of drug-likeness (QED) is 0.119. The van der Waals surface area contributed by atoms with Crippen LogP contribution in [-0.4, -0.2) is 64.5 Å². The van der Waals surface area contributed by atoms with Crippen LogP contribution in [0.4, 0.5) is 32.2 Å². The maximum Gasteiger partial charge on any atom is 0.293 e.